The maximum Gasteiger partial charge on any atom is 0.271 e. The second-order valence-corrected chi connectivity index (χ2v) is 6.33. The van der Waals surface area contributed by atoms with Crippen LogP contribution in [0.3, 0.4) is 0 Å². The number of H-pyrrole nitrogens is 1. The van der Waals surface area contributed by atoms with E-state index in [0.29, 0.717) is 18.8 Å². The molecule has 1 aliphatic heterocycles. The van der Waals surface area contributed by atoms with Crippen molar-refractivity contribution in [1.82, 2.24) is 14.9 Å². The number of aromatic nitrogens is 2. The van der Waals surface area contributed by atoms with Gasteiger partial charge in [0, 0.05) is 44.1 Å². The number of likely N-dealkylation sites (tertiary alicyclic amines) is 1. The molecule has 2 aromatic rings. The van der Waals surface area contributed by atoms with Gasteiger partial charge in [-0.1, -0.05) is 6.08 Å². The summed E-state index contributed by atoms with van der Waals surface area (Å²) < 4.78 is 0. The molecule has 0 aromatic carbocycles. The molecule has 1 aliphatic rings. The van der Waals surface area contributed by atoms with Crippen LogP contribution < -0.4 is 16.2 Å². The maximum absolute atomic E-state index is 12.2. The molecule has 27 heavy (non-hydrogen) atoms. The largest absolute Gasteiger partial charge is 0.674 e. The number of hydrogen-bond donors (Lipinski definition) is 3. The lowest BCUT2D eigenvalue weighted by atomic mass is 10.1. The highest BCUT2D eigenvalue weighted by atomic mass is 16.2. The van der Waals surface area contributed by atoms with Crippen LogP contribution in [-0.2, 0) is 4.79 Å². The van der Waals surface area contributed by atoms with Gasteiger partial charge in [-0.15, -0.1) is 6.54 Å². The lowest BCUT2D eigenvalue weighted by Gasteiger charge is -2.16. The predicted molar refractivity (Wildman–Crippen MR) is 107 cm³/mol. The highest BCUT2D eigenvalue weighted by molar-refractivity contribution is 5.88. The first kappa shape index (κ1) is 18.7. The minimum atomic E-state index is -0.194. The lowest BCUT2D eigenvalue weighted by molar-refractivity contribution is -0.125. The van der Waals surface area contributed by atoms with E-state index in [9.17, 15) is 9.59 Å². The Balaban J connectivity index is 1.73. The van der Waals surface area contributed by atoms with E-state index < -0.39 is 0 Å². The van der Waals surface area contributed by atoms with Crippen molar-refractivity contribution in [2.45, 2.75) is 12.5 Å². The van der Waals surface area contributed by atoms with Crippen LogP contribution in [-0.4, -0.2) is 53.5 Å². The second kappa shape index (κ2) is 8.50. The van der Waals surface area contributed by atoms with Gasteiger partial charge >= 0.3 is 0 Å². The van der Waals surface area contributed by atoms with Crippen LogP contribution in [0.1, 0.15) is 6.42 Å². The van der Waals surface area contributed by atoms with E-state index in [2.05, 4.69) is 20.6 Å². The fourth-order valence-corrected chi connectivity index (χ4v) is 3.07. The number of rotatable bonds is 6. The fraction of sp³-hybridized carbons (Fsp3) is 0.316. The second-order valence-electron chi connectivity index (χ2n) is 6.33. The van der Waals surface area contributed by atoms with E-state index in [4.69, 9.17) is 5.73 Å². The Morgan fingerprint density at radius 2 is 2.30 bits per heavy atom. The molecule has 0 saturated carbocycles. The fourth-order valence-electron chi connectivity index (χ4n) is 3.07. The smallest absolute Gasteiger partial charge is 0.271 e. The zero-order valence-electron chi connectivity index (χ0n) is 15.2. The average Bonchev–Trinajstić information content (AvgIpc) is 3.16. The Kier molecular flexibility index (Phi) is 5.87. The quantitative estimate of drug-likeness (QED) is 0.677. The Labute approximate surface area is 157 Å². The van der Waals surface area contributed by atoms with Crippen molar-refractivity contribution in [2.75, 3.05) is 37.3 Å². The summed E-state index contributed by atoms with van der Waals surface area (Å²) in [6.45, 7) is 1.25. The van der Waals surface area contributed by atoms with Gasteiger partial charge in [-0.25, -0.2) is 4.98 Å². The third kappa shape index (κ3) is 4.53. The summed E-state index contributed by atoms with van der Waals surface area (Å²) >= 11 is 0. The standard InChI is InChI=1S/C19H23N6O2/c1-21-17-10-13(4-7-22-17)14-9-16(19(27)23-11-14)24-15-5-8-25(12-15)18(26)3-2-6-20/h2-4,7,9-11,15,20,24H,5-6,8,12H2,1H3,(H,21,22)(H,23,27)/q-1/b3-2+/t15-/m0/s1. The molecule has 3 rings (SSSR count). The number of nitrogens with zero attached hydrogens (tertiary/aromatic N) is 2. The van der Waals surface area contributed by atoms with Gasteiger partial charge in [0.2, 0.25) is 5.91 Å². The summed E-state index contributed by atoms with van der Waals surface area (Å²) in [7, 11) is 1.80. The summed E-state index contributed by atoms with van der Waals surface area (Å²) in [6, 6.07) is 5.62. The van der Waals surface area contributed by atoms with E-state index in [1.165, 1.54) is 12.2 Å². The molecule has 2 aromatic heterocycles. The Morgan fingerprint density at radius 3 is 3.07 bits per heavy atom. The monoisotopic (exact) mass is 367 g/mol. The van der Waals surface area contributed by atoms with Crippen molar-refractivity contribution in [3.05, 3.63) is 58.8 Å². The first-order chi connectivity index (χ1) is 13.1. The molecule has 0 unspecified atom stereocenters. The molecule has 1 amide bonds. The molecule has 8 heteroatoms. The highest BCUT2D eigenvalue weighted by Crippen LogP contribution is 2.22. The minimum absolute atomic E-state index is 0.0139. The van der Waals surface area contributed by atoms with Gasteiger partial charge in [0.05, 0.1) is 0 Å². The van der Waals surface area contributed by atoms with E-state index in [-0.39, 0.29) is 24.1 Å². The number of aromatic amines is 1. The van der Waals surface area contributed by atoms with Crippen molar-refractivity contribution in [1.29, 1.82) is 0 Å². The van der Waals surface area contributed by atoms with Gasteiger partial charge < -0.3 is 26.3 Å². The average molecular weight is 367 g/mol. The molecule has 8 nitrogen and oxygen atoms in total. The molecule has 0 spiro atoms. The van der Waals surface area contributed by atoms with Crippen LogP contribution >= 0.6 is 0 Å². The van der Waals surface area contributed by atoms with E-state index in [1.807, 2.05) is 18.2 Å². The predicted octanol–water partition coefficient (Wildman–Crippen LogP) is 2.10. The molecule has 142 valence electrons. The van der Waals surface area contributed by atoms with Gasteiger partial charge in [-0.05, 0) is 36.3 Å². The molecular formula is C19H23N6O2-. The van der Waals surface area contributed by atoms with Gasteiger partial charge in [-0.3, -0.25) is 9.59 Å². The number of carbonyl (C=O) groups excluding carboxylic acids is 1. The summed E-state index contributed by atoms with van der Waals surface area (Å²) in [5.41, 5.74) is 9.19. The number of nitrogens with one attached hydrogen (secondary N) is 4. The molecule has 1 saturated heterocycles. The highest BCUT2D eigenvalue weighted by Gasteiger charge is 2.25. The first-order valence-electron chi connectivity index (χ1n) is 8.84. The van der Waals surface area contributed by atoms with Crippen LogP contribution in [0.5, 0.6) is 0 Å². The van der Waals surface area contributed by atoms with Crippen molar-refractivity contribution >= 4 is 17.4 Å². The van der Waals surface area contributed by atoms with Crippen molar-refractivity contribution in [2.24, 2.45) is 0 Å². The summed E-state index contributed by atoms with van der Waals surface area (Å²) in [6.07, 6.45) is 7.13. The Hall–Kier alpha value is -3.13. The van der Waals surface area contributed by atoms with Crippen molar-refractivity contribution < 1.29 is 4.79 Å². The molecule has 0 aliphatic carbocycles. The van der Waals surface area contributed by atoms with E-state index in [1.54, 1.807) is 24.3 Å². The van der Waals surface area contributed by atoms with Gasteiger partial charge in [0.15, 0.2) is 0 Å². The molecular weight excluding hydrogens is 344 g/mol. The van der Waals surface area contributed by atoms with E-state index >= 15 is 0 Å². The molecule has 0 bridgehead atoms. The molecule has 0 radical (unpaired) electrons. The van der Waals surface area contributed by atoms with Crippen LogP contribution in [0.2, 0.25) is 0 Å². The molecule has 4 N–H and O–H groups in total. The van der Waals surface area contributed by atoms with Crippen molar-refractivity contribution in [3.8, 4) is 11.1 Å². The first-order valence-corrected chi connectivity index (χ1v) is 8.84. The Morgan fingerprint density at radius 1 is 1.44 bits per heavy atom. The number of anilines is 2. The molecule has 3 heterocycles. The Bertz CT molecular complexity index is 892. The topological polar surface area (TPSA) is 114 Å². The molecule has 1 atom stereocenters. The minimum Gasteiger partial charge on any atom is -0.674 e. The summed E-state index contributed by atoms with van der Waals surface area (Å²) in [5.74, 6) is 0.657. The van der Waals surface area contributed by atoms with Crippen LogP contribution in [0.15, 0.2) is 47.5 Å². The number of carbonyl (C=O) groups is 1. The summed E-state index contributed by atoms with van der Waals surface area (Å²) in [4.78, 5) is 32.9. The number of pyridine rings is 2. The third-order valence-electron chi connectivity index (χ3n) is 4.49. The number of amides is 1. The van der Waals surface area contributed by atoms with Crippen molar-refractivity contribution in [3.63, 3.8) is 0 Å². The normalized spacial score (nSPS) is 16.7. The van der Waals surface area contributed by atoms with Gasteiger partial charge in [-0.2, -0.15) is 0 Å². The SMILES string of the molecule is CNc1cc(-c2c[nH]c(=O)c(N[C@H]3CCN(C(=O)/C=C/C[NH-])C3)c2)ccn1. The van der Waals surface area contributed by atoms with Gasteiger partial charge in [0.25, 0.3) is 5.56 Å². The zero-order valence-corrected chi connectivity index (χ0v) is 15.2. The van der Waals surface area contributed by atoms with Crippen LogP contribution in [0, 0.1) is 0 Å². The zero-order chi connectivity index (χ0) is 19.2. The molecule has 1 fully saturated rings. The third-order valence-corrected chi connectivity index (χ3v) is 4.49. The van der Waals surface area contributed by atoms with Crippen LogP contribution in [0.25, 0.3) is 16.9 Å². The lowest BCUT2D eigenvalue weighted by Crippen LogP contribution is -2.31. The maximum atomic E-state index is 12.2. The van der Waals surface area contributed by atoms with E-state index in [0.717, 1.165) is 23.4 Å². The van der Waals surface area contributed by atoms with Crippen LogP contribution in [0.4, 0.5) is 11.5 Å². The number of hydrogen-bond acceptors (Lipinski definition) is 5. The summed E-state index contributed by atoms with van der Waals surface area (Å²) in [5, 5.41) is 6.26. The van der Waals surface area contributed by atoms with Gasteiger partial charge in [0.1, 0.15) is 11.5 Å².